The maximum Gasteiger partial charge on any atom is 0.161 e. The molecule has 0 heterocycles. The van der Waals surface area contributed by atoms with Crippen LogP contribution in [0.25, 0.3) is 0 Å². The van der Waals surface area contributed by atoms with Crippen LogP contribution in [0.2, 0.25) is 5.02 Å². The van der Waals surface area contributed by atoms with E-state index in [1.165, 1.54) is 5.56 Å². The highest BCUT2D eigenvalue weighted by atomic mass is 35.5. The van der Waals surface area contributed by atoms with Gasteiger partial charge in [0.25, 0.3) is 0 Å². The smallest absolute Gasteiger partial charge is 0.161 e. The lowest BCUT2D eigenvalue weighted by Gasteiger charge is -2.18. The fourth-order valence-electron chi connectivity index (χ4n) is 2.84. The maximum absolute atomic E-state index is 5.97. The van der Waals surface area contributed by atoms with Crippen molar-refractivity contribution in [3.63, 3.8) is 0 Å². The van der Waals surface area contributed by atoms with Gasteiger partial charge in [-0.1, -0.05) is 35.9 Å². The molecule has 0 bridgehead atoms. The van der Waals surface area contributed by atoms with Crippen molar-refractivity contribution in [3.05, 3.63) is 59.1 Å². The SMILES string of the molecule is CCOc1ccccc1OCCNCCCC(OCC)c1ccc(Cl)cc1. The van der Waals surface area contributed by atoms with E-state index in [0.29, 0.717) is 19.8 Å². The minimum Gasteiger partial charge on any atom is -0.490 e. The largest absolute Gasteiger partial charge is 0.490 e. The van der Waals surface area contributed by atoms with Crippen LogP contribution in [0.15, 0.2) is 48.5 Å². The number of halogens is 1. The molecule has 0 radical (unpaired) electrons. The van der Waals surface area contributed by atoms with Crippen molar-refractivity contribution in [1.82, 2.24) is 5.32 Å². The minimum atomic E-state index is 0.114. The molecule has 2 aromatic carbocycles. The number of ether oxygens (including phenoxy) is 3. The van der Waals surface area contributed by atoms with Crippen LogP contribution in [-0.2, 0) is 4.74 Å². The number of rotatable bonds is 13. The Hall–Kier alpha value is -1.75. The highest BCUT2D eigenvalue weighted by Gasteiger charge is 2.11. The Morgan fingerprint density at radius 3 is 2.26 bits per heavy atom. The van der Waals surface area contributed by atoms with Crippen LogP contribution in [0.3, 0.4) is 0 Å². The molecular weight excluding hydrogens is 362 g/mol. The second-order valence-corrected chi connectivity index (χ2v) is 6.55. The van der Waals surface area contributed by atoms with E-state index >= 15 is 0 Å². The van der Waals surface area contributed by atoms with Crippen molar-refractivity contribution in [1.29, 1.82) is 0 Å². The summed E-state index contributed by atoms with van der Waals surface area (Å²) in [5, 5.41) is 4.17. The van der Waals surface area contributed by atoms with Gasteiger partial charge in [0.15, 0.2) is 11.5 Å². The van der Waals surface area contributed by atoms with Crippen LogP contribution < -0.4 is 14.8 Å². The number of hydrogen-bond donors (Lipinski definition) is 1. The molecule has 0 aliphatic carbocycles. The summed E-state index contributed by atoms with van der Waals surface area (Å²) in [6.45, 7) is 7.65. The standard InChI is InChI=1S/C22H30ClNO3/c1-3-25-20(18-11-13-19(23)14-12-18)10-7-15-24-16-17-27-22-9-6-5-8-21(22)26-4-2/h5-6,8-9,11-14,20,24H,3-4,7,10,15-17H2,1-2H3. The zero-order valence-corrected chi connectivity index (χ0v) is 17.0. The van der Waals surface area contributed by atoms with E-state index in [4.69, 9.17) is 25.8 Å². The van der Waals surface area contributed by atoms with Crippen LogP contribution in [0.1, 0.15) is 38.4 Å². The van der Waals surface area contributed by atoms with Crippen molar-refractivity contribution >= 4 is 11.6 Å². The van der Waals surface area contributed by atoms with Gasteiger partial charge in [-0.05, 0) is 63.1 Å². The number of benzene rings is 2. The molecule has 5 heteroatoms. The third kappa shape index (κ3) is 7.79. The average Bonchev–Trinajstić information content (AvgIpc) is 2.68. The summed E-state index contributed by atoms with van der Waals surface area (Å²) >= 11 is 5.97. The normalized spacial score (nSPS) is 12.0. The van der Waals surface area contributed by atoms with E-state index < -0.39 is 0 Å². The highest BCUT2D eigenvalue weighted by molar-refractivity contribution is 6.30. The monoisotopic (exact) mass is 391 g/mol. The summed E-state index contributed by atoms with van der Waals surface area (Å²) in [4.78, 5) is 0. The van der Waals surface area contributed by atoms with Crippen LogP contribution in [0.5, 0.6) is 11.5 Å². The van der Waals surface area contributed by atoms with E-state index in [9.17, 15) is 0 Å². The van der Waals surface area contributed by atoms with Gasteiger partial charge in [0.2, 0.25) is 0 Å². The van der Waals surface area contributed by atoms with E-state index in [-0.39, 0.29) is 6.10 Å². The fraction of sp³-hybridized carbons (Fsp3) is 0.455. The maximum atomic E-state index is 5.97. The first-order valence-electron chi connectivity index (χ1n) is 9.67. The molecule has 0 aliphatic heterocycles. The van der Waals surface area contributed by atoms with Crippen molar-refractivity contribution in [2.45, 2.75) is 32.8 Å². The summed E-state index contributed by atoms with van der Waals surface area (Å²) in [5.74, 6) is 1.59. The van der Waals surface area contributed by atoms with Crippen LogP contribution in [-0.4, -0.2) is 32.9 Å². The number of para-hydroxylation sites is 2. The Labute approximate surface area is 167 Å². The van der Waals surface area contributed by atoms with E-state index in [1.807, 2.05) is 62.4 Å². The second kappa shape index (κ2) is 12.6. The van der Waals surface area contributed by atoms with Gasteiger partial charge < -0.3 is 19.5 Å². The molecule has 2 aromatic rings. The molecule has 1 atom stereocenters. The highest BCUT2D eigenvalue weighted by Crippen LogP contribution is 2.26. The Balaban J connectivity index is 1.65. The Morgan fingerprint density at radius 2 is 1.59 bits per heavy atom. The van der Waals surface area contributed by atoms with Gasteiger partial charge >= 0.3 is 0 Å². The lowest BCUT2D eigenvalue weighted by molar-refractivity contribution is 0.0547. The molecule has 0 spiro atoms. The molecule has 0 fully saturated rings. The first-order chi connectivity index (χ1) is 13.2. The Kier molecular flexibility index (Phi) is 10.1. The van der Waals surface area contributed by atoms with Gasteiger partial charge in [0.05, 0.1) is 12.7 Å². The van der Waals surface area contributed by atoms with Crippen molar-refractivity contribution < 1.29 is 14.2 Å². The van der Waals surface area contributed by atoms with Gasteiger partial charge in [-0.15, -0.1) is 0 Å². The van der Waals surface area contributed by atoms with E-state index in [0.717, 1.165) is 42.5 Å². The van der Waals surface area contributed by atoms with Gasteiger partial charge in [0.1, 0.15) is 6.61 Å². The first-order valence-corrected chi connectivity index (χ1v) is 10.0. The molecule has 2 rings (SSSR count). The van der Waals surface area contributed by atoms with Gasteiger partial charge in [0, 0.05) is 18.2 Å². The predicted molar refractivity (Wildman–Crippen MR) is 111 cm³/mol. The molecule has 0 aliphatic rings. The Bertz CT molecular complexity index is 648. The molecule has 1 N–H and O–H groups in total. The summed E-state index contributed by atoms with van der Waals surface area (Å²) < 4.78 is 17.3. The van der Waals surface area contributed by atoms with Crippen LogP contribution in [0, 0.1) is 0 Å². The molecule has 0 saturated carbocycles. The number of nitrogens with one attached hydrogen (secondary N) is 1. The average molecular weight is 392 g/mol. The third-order valence-corrected chi connectivity index (χ3v) is 4.37. The molecule has 4 nitrogen and oxygen atoms in total. The minimum absolute atomic E-state index is 0.114. The van der Waals surface area contributed by atoms with E-state index in [2.05, 4.69) is 5.32 Å². The van der Waals surface area contributed by atoms with Crippen LogP contribution in [0.4, 0.5) is 0 Å². The third-order valence-electron chi connectivity index (χ3n) is 4.11. The van der Waals surface area contributed by atoms with Crippen molar-refractivity contribution in [2.24, 2.45) is 0 Å². The van der Waals surface area contributed by atoms with Gasteiger partial charge in [-0.3, -0.25) is 0 Å². The fourth-order valence-corrected chi connectivity index (χ4v) is 2.97. The molecule has 0 saturated heterocycles. The zero-order chi connectivity index (χ0) is 19.3. The topological polar surface area (TPSA) is 39.7 Å². The molecule has 0 amide bonds. The molecule has 1 unspecified atom stereocenters. The summed E-state index contributed by atoms with van der Waals surface area (Å²) in [5.41, 5.74) is 1.18. The number of hydrogen-bond acceptors (Lipinski definition) is 4. The lowest BCUT2D eigenvalue weighted by Crippen LogP contribution is -2.22. The summed E-state index contributed by atoms with van der Waals surface area (Å²) in [7, 11) is 0. The van der Waals surface area contributed by atoms with E-state index in [1.54, 1.807) is 0 Å². The van der Waals surface area contributed by atoms with Crippen molar-refractivity contribution in [3.8, 4) is 11.5 Å². The molecule has 148 valence electrons. The molecule has 27 heavy (non-hydrogen) atoms. The second-order valence-electron chi connectivity index (χ2n) is 6.12. The molecule has 0 aromatic heterocycles. The van der Waals surface area contributed by atoms with Gasteiger partial charge in [-0.2, -0.15) is 0 Å². The van der Waals surface area contributed by atoms with Crippen molar-refractivity contribution in [2.75, 3.05) is 32.9 Å². The summed E-state index contributed by atoms with van der Waals surface area (Å²) in [6.07, 6.45) is 2.11. The lowest BCUT2D eigenvalue weighted by atomic mass is 10.0. The van der Waals surface area contributed by atoms with Crippen LogP contribution >= 0.6 is 11.6 Å². The van der Waals surface area contributed by atoms with Gasteiger partial charge in [-0.25, -0.2) is 0 Å². The first kappa shape index (κ1) is 21.5. The molecular formula is C22H30ClNO3. The Morgan fingerprint density at radius 1 is 0.889 bits per heavy atom. The zero-order valence-electron chi connectivity index (χ0n) is 16.2. The predicted octanol–water partition coefficient (Wildman–Crippen LogP) is 5.27. The summed E-state index contributed by atoms with van der Waals surface area (Å²) in [6, 6.07) is 15.7. The quantitative estimate of drug-likeness (QED) is 0.472.